The second-order valence-corrected chi connectivity index (χ2v) is 10.5. The maximum absolute atomic E-state index is 12.6. The minimum absolute atomic E-state index is 0.0171. The third-order valence-electron chi connectivity index (χ3n) is 4.90. The van der Waals surface area contributed by atoms with Crippen LogP contribution in [0.5, 0.6) is 5.75 Å². The number of benzene rings is 3. The number of ketones is 1. The molecule has 0 fully saturated rings. The normalized spacial score (nSPS) is 14.1. The van der Waals surface area contributed by atoms with Crippen molar-refractivity contribution in [3.8, 4) is 5.75 Å². The number of hydrogen-bond donors (Lipinski definition) is 0. The van der Waals surface area contributed by atoms with Gasteiger partial charge >= 0.3 is 0 Å². The first kappa shape index (κ1) is 21.7. The Kier molecular flexibility index (Phi) is 5.92. The van der Waals surface area contributed by atoms with Gasteiger partial charge in [-0.3, -0.25) is 14.9 Å². The van der Waals surface area contributed by atoms with Crippen LogP contribution in [0.15, 0.2) is 79.7 Å². The molecule has 0 amide bonds. The molecule has 0 spiro atoms. The Morgan fingerprint density at radius 3 is 2.79 bits per heavy atom. The van der Waals surface area contributed by atoms with Crippen molar-refractivity contribution >= 4 is 62.6 Å². The number of carbonyl (C=O) groups is 1. The number of nitrogens with zero attached hydrogens (tertiary/aromatic N) is 2. The van der Waals surface area contributed by atoms with E-state index in [1.165, 1.54) is 40.9 Å². The van der Waals surface area contributed by atoms with E-state index in [1.54, 1.807) is 24.3 Å². The number of rotatable bonds is 6. The molecule has 1 aliphatic heterocycles. The van der Waals surface area contributed by atoms with E-state index >= 15 is 0 Å². The number of thioether (sulfide) groups is 1. The van der Waals surface area contributed by atoms with E-state index in [-0.39, 0.29) is 11.5 Å². The second-order valence-electron chi connectivity index (χ2n) is 7.06. The summed E-state index contributed by atoms with van der Waals surface area (Å²) >= 11 is 4.11. The van der Waals surface area contributed by atoms with Crippen LogP contribution >= 0.6 is 34.9 Å². The van der Waals surface area contributed by atoms with E-state index in [0.29, 0.717) is 31.9 Å². The highest BCUT2D eigenvalue weighted by Gasteiger charge is 2.25. The van der Waals surface area contributed by atoms with Gasteiger partial charge in [0.2, 0.25) is 5.78 Å². The van der Waals surface area contributed by atoms with E-state index in [4.69, 9.17) is 4.74 Å². The molecule has 0 N–H and O–H groups in total. The molecule has 164 valence electrons. The van der Waals surface area contributed by atoms with Crippen molar-refractivity contribution < 1.29 is 14.5 Å². The van der Waals surface area contributed by atoms with Gasteiger partial charge in [0.1, 0.15) is 5.75 Å². The summed E-state index contributed by atoms with van der Waals surface area (Å²) in [5.41, 5.74) is 2.09. The predicted octanol–water partition coefficient (Wildman–Crippen LogP) is 7.08. The summed E-state index contributed by atoms with van der Waals surface area (Å²) in [6.45, 7) is 2.51. The lowest BCUT2D eigenvalue weighted by molar-refractivity contribution is -0.387. The van der Waals surface area contributed by atoms with E-state index < -0.39 is 4.92 Å². The minimum atomic E-state index is -0.400. The van der Waals surface area contributed by atoms with Crippen LogP contribution in [0.4, 0.5) is 5.69 Å². The van der Waals surface area contributed by atoms with Crippen molar-refractivity contribution in [2.75, 3.05) is 6.61 Å². The highest BCUT2D eigenvalue weighted by atomic mass is 32.2. The van der Waals surface area contributed by atoms with Gasteiger partial charge in [-0.25, -0.2) is 4.98 Å². The van der Waals surface area contributed by atoms with Crippen molar-refractivity contribution in [3.05, 3.63) is 86.8 Å². The van der Waals surface area contributed by atoms with Crippen LogP contribution in [0.25, 0.3) is 16.3 Å². The van der Waals surface area contributed by atoms with Gasteiger partial charge in [-0.1, -0.05) is 41.7 Å². The fourth-order valence-corrected chi connectivity index (χ4v) is 6.61. The molecule has 2 heterocycles. The highest BCUT2D eigenvalue weighted by Crippen LogP contribution is 2.42. The Balaban J connectivity index is 1.43. The molecule has 0 aliphatic carbocycles. The Morgan fingerprint density at radius 1 is 1.15 bits per heavy atom. The molecular formula is C24H16N2O4S3. The summed E-state index contributed by atoms with van der Waals surface area (Å²) in [6, 6.07) is 18.1. The first-order valence-corrected chi connectivity index (χ1v) is 12.5. The maximum atomic E-state index is 12.6. The zero-order valence-corrected chi connectivity index (χ0v) is 19.8. The molecule has 0 bridgehead atoms. The number of Topliss-reactive ketones (excluding diaryl/α,β-unsaturated/α-hetero) is 1. The highest BCUT2D eigenvalue weighted by molar-refractivity contribution is 8.05. The molecule has 0 saturated heterocycles. The van der Waals surface area contributed by atoms with Gasteiger partial charge in [-0.2, -0.15) is 0 Å². The lowest BCUT2D eigenvalue weighted by Crippen LogP contribution is -1.95. The average Bonchev–Trinajstić information content (AvgIpc) is 3.35. The van der Waals surface area contributed by atoms with Crippen molar-refractivity contribution in [2.45, 2.75) is 21.1 Å². The molecule has 9 heteroatoms. The van der Waals surface area contributed by atoms with Gasteiger partial charge in [0.15, 0.2) is 4.34 Å². The fourth-order valence-electron chi connectivity index (χ4n) is 3.42. The van der Waals surface area contributed by atoms with Crippen molar-refractivity contribution in [1.82, 2.24) is 4.98 Å². The smallest absolute Gasteiger partial charge is 0.283 e. The molecular weight excluding hydrogens is 476 g/mol. The molecule has 6 nitrogen and oxygen atoms in total. The Labute approximate surface area is 201 Å². The third-order valence-corrected chi connectivity index (χ3v) is 8.14. The SMILES string of the molecule is CCOc1ccc2nc(Sc3ccc(/C=C4\Sc5ccccc5C4=O)cc3[N+](=O)[O-])sc2c1. The fraction of sp³-hybridized carbons (Fsp3) is 0.0833. The second kappa shape index (κ2) is 9.01. The van der Waals surface area contributed by atoms with Crippen molar-refractivity contribution in [1.29, 1.82) is 0 Å². The molecule has 3 aromatic carbocycles. The molecule has 5 rings (SSSR count). The molecule has 0 radical (unpaired) electrons. The van der Waals surface area contributed by atoms with E-state index in [1.807, 2.05) is 43.3 Å². The van der Waals surface area contributed by atoms with E-state index in [9.17, 15) is 14.9 Å². The van der Waals surface area contributed by atoms with Gasteiger partial charge in [0.25, 0.3) is 5.69 Å². The van der Waals surface area contributed by atoms with Gasteiger partial charge in [0, 0.05) is 16.5 Å². The van der Waals surface area contributed by atoms with Crippen LogP contribution in [-0.4, -0.2) is 22.3 Å². The summed E-state index contributed by atoms with van der Waals surface area (Å²) in [5.74, 6) is 0.715. The lowest BCUT2D eigenvalue weighted by atomic mass is 10.1. The number of nitro benzene ring substituents is 1. The monoisotopic (exact) mass is 492 g/mol. The lowest BCUT2D eigenvalue weighted by Gasteiger charge is -2.03. The van der Waals surface area contributed by atoms with Crippen LogP contribution in [0.1, 0.15) is 22.8 Å². The van der Waals surface area contributed by atoms with E-state index in [0.717, 1.165) is 20.9 Å². The van der Waals surface area contributed by atoms with Gasteiger partial charge in [-0.15, -0.1) is 11.3 Å². The molecule has 0 saturated carbocycles. The van der Waals surface area contributed by atoms with Crippen LogP contribution in [0, 0.1) is 10.1 Å². The number of ether oxygens (including phenoxy) is 1. The number of thiazole rings is 1. The number of fused-ring (bicyclic) bond motifs is 2. The minimum Gasteiger partial charge on any atom is -0.494 e. The molecule has 33 heavy (non-hydrogen) atoms. The summed E-state index contributed by atoms with van der Waals surface area (Å²) in [7, 11) is 0. The van der Waals surface area contributed by atoms with Gasteiger partial charge < -0.3 is 4.74 Å². The van der Waals surface area contributed by atoms with Crippen LogP contribution in [0.2, 0.25) is 0 Å². The van der Waals surface area contributed by atoms with Crippen molar-refractivity contribution in [3.63, 3.8) is 0 Å². The summed E-state index contributed by atoms with van der Waals surface area (Å²) in [5, 5.41) is 11.8. The largest absolute Gasteiger partial charge is 0.494 e. The van der Waals surface area contributed by atoms with Gasteiger partial charge in [-0.05, 0) is 55.0 Å². The molecule has 0 unspecified atom stereocenters. The standard InChI is InChI=1S/C24H16N2O4S3/c1-2-30-15-8-9-17-21(13-15)33-24(25-17)32-20-10-7-14(11-18(20)26(28)29)12-22-23(27)16-5-3-4-6-19(16)31-22/h3-13H,2H2,1H3/b22-12-. The molecule has 4 aromatic rings. The van der Waals surface area contributed by atoms with Gasteiger partial charge in [0.05, 0.1) is 31.5 Å². The summed E-state index contributed by atoms with van der Waals surface area (Å²) in [6.07, 6.45) is 1.71. The van der Waals surface area contributed by atoms with E-state index in [2.05, 4.69) is 4.98 Å². The molecule has 1 aliphatic rings. The Bertz CT molecular complexity index is 1440. The average molecular weight is 493 g/mol. The molecule has 0 atom stereocenters. The first-order chi connectivity index (χ1) is 16.0. The van der Waals surface area contributed by atoms with Crippen LogP contribution < -0.4 is 4.74 Å². The predicted molar refractivity (Wildman–Crippen MR) is 133 cm³/mol. The number of nitro groups is 1. The van der Waals surface area contributed by atoms with Crippen molar-refractivity contribution in [2.24, 2.45) is 0 Å². The quantitative estimate of drug-likeness (QED) is 0.161. The third kappa shape index (κ3) is 4.39. The number of allylic oxidation sites excluding steroid dienone is 1. The Hall–Kier alpha value is -3.14. The number of carbonyl (C=O) groups excluding carboxylic acids is 1. The maximum Gasteiger partial charge on any atom is 0.283 e. The summed E-state index contributed by atoms with van der Waals surface area (Å²) in [4.78, 5) is 30.6. The first-order valence-electron chi connectivity index (χ1n) is 10.0. The number of hydrogen-bond acceptors (Lipinski definition) is 8. The Morgan fingerprint density at radius 2 is 2.00 bits per heavy atom. The van der Waals surface area contributed by atoms with Crippen LogP contribution in [-0.2, 0) is 0 Å². The van der Waals surface area contributed by atoms with Crippen LogP contribution in [0.3, 0.4) is 0 Å². The molecule has 1 aromatic heterocycles. The zero-order valence-electron chi connectivity index (χ0n) is 17.3. The zero-order chi connectivity index (χ0) is 22.9. The summed E-state index contributed by atoms with van der Waals surface area (Å²) < 4.78 is 7.21. The number of aromatic nitrogens is 1. The topological polar surface area (TPSA) is 82.3 Å².